The third-order valence-corrected chi connectivity index (χ3v) is 5.00. The smallest absolute Gasteiger partial charge is 0.234 e. The van der Waals surface area contributed by atoms with Gasteiger partial charge in [-0.05, 0) is 25.7 Å². The Bertz CT molecular complexity index is 647. The van der Waals surface area contributed by atoms with Crippen LogP contribution in [0.2, 0.25) is 0 Å². The molecule has 1 atom stereocenters. The van der Waals surface area contributed by atoms with E-state index in [4.69, 9.17) is 9.15 Å². The molecule has 3 heterocycles. The van der Waals surface area contributed by atoms with Crippen LogP contribution in [0.15, 0.2) is 4.42 Å². The van der Waals surface area contributed by atoms with E-state index in [9.17, 15) is 10.1 Å². The molecule has 1 aromatic heterocycles. The molecular weight excluding hydrogens is 308 g/mol. The summed E-state index contributed by atoms with van der Waals surface area (Å²) in [5, 5.41) is 9.29. The number of ether oxygens (including phenoxy) is 1. The van der Waals surface area contributed by atoms with Gasteiger partial charge >= 0.3 is 0 Å². The summed E-state index contributed by atoms with van der Waals surface area (Å²) in [6.07, 6.45) is 4.80. The van der Waals surface area contributed by atoms with Crippen molar-refractivity contribution < 1.29 is 13.9 Å². The Morgan fingerprint density at radius 2 is 2.04 bits per heavy atom. The minimum atomic E-state index is 0.0936. The van der Waals surface area contributed by atoms with E-state index >= 15 is 0 Å². The molecule has 7 heteroatoms. The van der Waals surface area contributed by atoms with Crippen LogP contribution in [0.3, 0.4) is 0 Å². The van der Waals surface area contributed by atoms with Gasteiger partial charge in [-0.25, -0.2) is 4.98 Å². The Morgan fingerprint density at radius 3 is 2.67 bits per heavy atom. The molecule has 0 bridgehead atoms. The maximum Gasteiger partial charge on any atom is 0.234 e. The van der Waals surface area contributed by atoms with Crippen molar-refractivity contribution in [3.05, 3.63) is 11.6 Å². The van der Waals surface area contributed by atoms with Crippen molar-refractivity contribution in [3.63, 3.8) is 0 Å². The number of amides is 1. The lowest BCUT2D eigenvalue weighted by Gasteiger charge is -2.35. The second-order valence-corrected chi connectivity index (χ2v) is 6.80. The zero-order chi connectivity index (χ0) is 16.5. The predicted octanol–water partition coefficient (Wildman–Crippen LogP) is 1.64. The Morgan fingerprint density at radius 1 is 1.25 bits per heavy atom. The highest BCUT2D eigenvalue weighted by Crippen LogP contribution is 2.41. The molecule has 7 nitrogen and oxygen atoms in total. The lowest BCUT2D eigenvalue weighted by molar-refractivity contribution is -0.133. The molecule has 0 N–H and O–H groups in total. The first kappa shape index (κ1) is 15.5. The second kappa shape index (κ2) is 6.44. The summed E-state index contributed by atoms with van der Waals surface area (Å²) in [6, 6.07) is 2.13. The van der Waals surface area contributed by atoms with Crippen molar-refractivity contribution in [3.8, 4) is 6.07 Å². The van der Waals surface area contributed by atoms with Gasteiger partial charge in [0.1, 0.15) is 6.07 Å². The van der Waals surface area contributed by atoms with Crippen LogP contribution in [0.1, 0.15) is 49.6 Å². The molecule has 0 spiro atoms. The van der Waals surface area contributed by atoms with Crippen LogP contribution < -0.4 is 4.90 Å². The topological polar surface area (TPSA) is 82.6 Å². The SMILES string of the molecule is N#Cc1nc(C2CC2)oc1N1CCN(C(=O)C[C@H]2CCCO2)CC1. The Balaban J connectivity index is 1.35. The van der Waals surface area contributed by atoms with Crippen molar-refractivity contribution in [1.29, 1.82) is 5.26 Å². The van der Waals surface area contributed by atoms with Gasteiger partial charge in [-0.2, -0.15) is 5.26 Å². The number of carbonyl (C=O) groups excluding carboxylic acids is 1. The number of carbonyl (C=O) groups is 1. The molecule has 0 unspecified atom stereocenters. The lowest BCUT2D eigenvalue weighted by atomic mass is 10.1. The molecule has 0 aromatic carbocycles. The number of nitriles is 1. The number of nitrogens with zero attached hydrogens (tertiary/aromatic N) is 4. The van der Waals surface area contributed by atoms with Crippen molar-refractivity contribution in [2.75, 3.05) is 37.7 Å². The fourth-order valence-corrected chi connectivity index (χ4v) is 3.41. The molecule has 128 valence electrons. The van der Waals surface area contributed by atoms with E-state index in [1.165, 1.54) is 0 Å². The maximum atomic E-state index is 12.4. The first-order valence-corrected chi connectivity index (χ1v) is 8.79. The molecule has 1 aromatic rings. The van der Waals surface area contributed by atoms with E-state index in [-0.39, 0.29) is 12.0 Å². The van der Waals surface area contributed by atoms with Crippen LogP contribution in [0.25, 0.3) is 0 Å². The summed E-state index contributed by atoms with van der Waals surface area (Å²) in [5.41, 5.74) is 0.371. The monoisotopic (exact) mass is 330 g/mol. The zero-order valence-corrected chi connectivity index (χ0v) is 13.7. The molecule has 3 aliphatic rings. The second-order valence-electron chi connectivity index (χ2n) is 6.80. The van der Waals surface area contributed by atoms with Crippen LogP contribution in [0, 0.1) is 11.3 Å². The average Bonchev–Trinajstić information content (AvgIpc) is 3.17. The molecule has 1 saturated carbocycles. The van der Waals surface area contributed by atoms with Crippen LogP contribution in [-0.4, -0.2) is 54.7 Å². The summed E-state index contributed by atoms with van der Waals surface area (Å²) in [5.74, 6) is 1.82. The van der Waals surface area contributed by atoms with Crippen LogP contribution in [-0.2, 0) is 9.53 Å². The highest BCUT2D eigenvalue weighted by atomic mass is 16.5. The van der Waals surface area contributed by atoms with Gasteiger partial charge in [0.05, 0.1) is 12.5 Å². The molecule has 24 heavy (non-hydrogen) atoms. The maximum absolute atomic E-state index is 12.4. The number of anilines is 1. The van der Waals surface area contributed by atoms with Crippen LogP contribution in [0.4, 0.5) is 5.88 Å². The molecule has 4 rings (SSSR count). The Hall–Kier alpha value is -2.07. The fourth-order valence-electron chi connectivity index (χ4n) is 3.41. The molecule has 0 radical (unpaired) electrons. The van der Waals surface area contributed by atoms with Crippen molar-refractivity contribution >= 4 is 11.8 Å². The third-order valence-electron chi connectivity index (χ3n) is 5.00. The van der Waals surface area contributed by atoms with Gasteiger partial charge in [0.15, 0.2) is 0 Å². The summed E-state index contributed by atoms with van der Waals surface area (Å²) >= 11 is 0. The number of piperazine rings is 1. The largest absolute Gasteiger partial charge is 0.423 e. The van der Waals surface area contributed by atoms with E-state index in [0.29, 0.717) is 56.0 Å². The lowest BCUT2D eigenvalue weighted by Crippen LogP contribution is -2.49. The summed E-state index contributed by atoms with van der Waals surface area (Å²) < 4.78 is 11.4. The van der Waals surface area contributed by atoms with Gasteiger partial charge in [0.2, 0.25) is 23.4 Å². The molecular formula is C17H22N4O3. The number of rotatable bonds is 4. The molecule has 1 amide bonds. The highest BCUT2D eigenvalue weighted by Gasteiger charge is 2.33. The predicted molar refractivity (Wildman–Crippen MR) is 85.6 cm³/mol. The average molecular weight is 330 g/mol. The molecule has 2 saturated heterocycles. The molecule has 2 aliphatic heterocycles. The quantitative estimate of drug-likeness (QED) is 0.835. The number of hydrogen-bond acceptors (Lipinski definition) is 6. The van der Waals surface area contributed by atoms with E-state index in [0.717, 1.165) is 32.3 Å². The third kappa shape index (κ3) is 3.11. The minimum absolute atomic E-state index is 0.0936. The van der Waals surface area contributed by atoms with E-state index < -0.39 is 0 Å². The summed E-state index contributed by atoms with van der Waals surface area (Å²) in [7, 11) is 0. The number of aromatic nitrogens is 1. The zero-order valence-electron chi connectivity index (χ0n) is 13.7. The normalized spacial score (nSPS) is 24.2. The Labute approximate surface area is 141 Å². The van der Waals surface area contributed by atoms with E-state index in [1.807, 2.05) is 9.80 Å². The van der Waals surface area contributed by atoms with Gasteiger partial charge in [0.25, 0.3) is 0 Å². The minimum Gasteiger partial charge on any atom is -0.423 e. The fraction of sp³-hybridized carbons (Fsp3) is 0.706. The summed E-state index contributed by atoms with van der Waals surface area (Å²) in [6.45, 7) is 3.42. The first-order chi connectivity index (χ1) is 11.7. The van der Waals surface area contributed by atoms with Gasteiger partial charge < -0.3 is 19.0 Å². The highest BCUT2D eigenvalue weighted by molar-refractivity contribution is 5.77. The first-order valence-electron chi connectivity index (χ1n) is 8.79. The summed E-state index contributed by atoms with van der Waals surface area (Å²) in [4.78, 5) is 20.6. The van der Waals surface area contributed by atoms with Crippen LogP contribution >= 0.6 is 0 Å². The van der Waals surface area contributed by atoms with Crippen molar-refractivity contribution in [1.82, 2.24) is 9.88 Å². The number of hydrogen-bond donors (Lipinski definition) is 0. The Kier molecular flexibility index (Phi) is 4.15. The molecule has 1 aliphatic carbocycles. The van der Waals surface area contributed by atoms with Crippen LogP contribution in [0.5, 0.6) is 0 Å². The van der Waals surface area contributed by atoms with E-state index in [1.54, 1.807) is 0 Å². The van der Waals surface area contributed by atoms with Crippen molar-refractivity contribution in [2.45, 2.75) is 44.1 Å². The van der Waals surface area contributed by atoms with Crippen molar-refractivity contribution in [2.24, 2.45) is 0 Å². The number of oxazole rings is 1. The molecule has 3 fully saturated rings. The van der Waals surface area contributed by atoms with E-state index in [2.05, 4.69) is 11.1 Å². The van der Waals surface area contributed by atoms with Gasteiger partial charge in [-0.3, -0.25) is 4.79 Å². The van der Waals surface area contributed by atoms with Gasteiger partial charge in [-0.1, -0.05) is 0 Å². The van der Waals surface area contributed by atoms with Gasteiger partial charge in [0, 0.05) is 38.7 Å². The van der Waals surface area contributed by atoms with Gasteiger partial charge in [-0.15, -0.1) is 0 Å². The standard InChI is InChI=1S/C17H22N4O3/c18-11-14-17(24-16(19-14)12-3-4-12)21-7-5-20(6-8-21)15(22)10-13-2-1-9-23-13/h12-13H,1-10H2/t13-/m1/s1.